The van der Waals surface area contributed by atoms with Gasteiger partial charge in [0.15, 0.2) is 16.7 Å². The monoisotopic (exact) mass is 457 g/mol. The van der Waals surface area contributed by atoms with Crippen LogP contribution in [-0.2, 0) is 11.4 Å². The quantitative estimate of drug-likeness (QED) is 0.425. The minimum atomic E-state index is -0.435. The second-order valence-electron chi connectivity index (χ2n) is 6.97. The SMILES string of the molecule is COc1cc([C@H]2CC(=O)Nc3nc(SC)[nH]c(=O)c32)ccc1OCc1ccc(Cl)cc1. The van der Waals surface area contributed by atoms with Crippen molar-refractivity contribution in [1.82, 2.24) is 9.97 Å². The summed E-state index contributed by atoms with van der Waals surface area (Å²) in [4.78, 5) is 32.1. The Morgan fingerprint density at radius 2 is 1.94 bits per heavy atom. The number of anilines is 1. The number of ether oxygens (including phenoxy) is 2. The second-order valence-corrected chi connectivity index (χ2v) is 8.20. The number of carbonyl (C=O) groups excluding carboxylic acids is 1. The predicted molar refractivity (Wildman–Crippen MR) is 121 cm³/mol. The lowest BCUT2D eigenvalue weighted by Crippen LogP contribution is -2.31. The average Bonchev–Trinajstić information content (AvgIpc) is 2.77. The van der Waals surface area contributed by atoms with Crippen LogP contribution in [0, 0.1) is 0 Å². The third-order valence-electron chi connectivity index (χ3n) is 5.02. The summed E-state index contributed by atoms with van der Waals surface area (Å²) in [5.74, 6) is 0.756. The van der Waals surface area contributed by atoms with Gasteiger partial charge in [0.25, 0.3) is 5.56 Å². The molecule has 160 valence electrons. The molecule has 1 aliphatic heterocycles. The van der Waals surface area contributed by atoms with Crippen LogP contribution in [0.5, 0.6) is 11.5 Å². The number of halogens is 1. The molecule has 0 unspecified atom stereocenters. The molecule has 0 radical (unpaired) electrons. The molecule has 2 aromatic carbocycles. The Balaban J connectivity index is 1.64. The number of amides is 1. The summed E-state index contributed by atoms with van der Waals surface area (Å²) in [6, 6.07) is 12.8. The van der Waals surface area contributed by atoms with Crippen LogP contribution in [0.2, 0.25) is 5.02 Å². The van der Waals surface area contributed by atoms with Crippen LogP contribution >= 0.6 is 23.4 Å². The minimum Gasteiger partial charge on any atom is -0.493 e. The van der Waals surface area contributed by atoms with E-state index in [4.69, 9.17) is 21.1 Å². The third-order valence-corrected chi connectivity index (χ3v) is 5.85. The first-order valence-corrected chi connectivity index (χ1v) is 11.1. The van der Waals surface area contributed by atoms with E-state index in [1.54, 1.807) is 37.6 Å². The van der Waals surface area contributed by atoms with Crippen LogP contribution in [-0.4, -0.2) is 29.2 Å². The molecule has 3 aromatic rings. The average molecular weight is 458 g/mol. The molecule has 2 heterocycles. The Kier molecular flexibility index (Phi) is 6.20. The summed E-state index contributed by atoms with van der Waals surface area (Å²) >= 11 is 7.23. The van der Waals surface area contributed by atoms with Crippen molar-refractivity contribution in [3.63, 3.8) is 0 Å². The molecule has 0 saturated heterocycles. The van der Waals surface area contributed by atoms with E-state index in [0.29, 0.717) is 39.7 Å². The van der Waals surface area contributed by atoms with Crippen LogP contribution in [0.25, 0.3) is 0 Å². The number of thioether (sulfide) groups is 1. The van der Waals surface area contributed by atoms with Gasteiger partial charge in [-0.05, 0) is 41.6 Å². The molecule has 4 rings (SSSR count). The van der Waals surface area contributed by atoms with E-state index in [1.807, 2.05) is 18.2 Å². The maximum Gasteiger partial charge on any atom is 0.257 e. The van der Waals surface area contributed by atoms with E-state index in [1.165, 1.54) is 11.8 Å². The summed E-state index contributed by atoms with van der Waals surface area (Å²) in [7, 11) is 1.55. The van der Waals surface area contributed by atoms with Crippen LogP contribution < -0.4 is 20.3 Å². The van der Waals surface area contributed by atoms with Gasteiger partial charge in [-0.3, -0.25) is 9.59 Å². The van der Waals surface area contributed by atoms with Crippen LogP contribution in [0.3, 0.4) is 0 Å². The molecule has 0 bridgehead atoms. The van der Waals surface area contributed by atoms with Gasteiger partial charge in [-0.25, -0.2) is 4.98 Å². The first kappa shape index (κ1) is 21.3. The molecule has 1 amide bonds. The molecule has 7 nitrogen and oxygen atoms in total. The van der Waals surface area contributed by atoms with Crippen LogP contribution in [0.1, 0.15) is 29.0 Å². The van der Waals surface area contributed by atoms with E-state index in [0.717, 1.165) is 11.1 Å². The van der Waals surface area contributed by atoms with Gasteiger partial charge in [0.05, 0.1) is 12.7 Å². The molecular weight excluding hydrogens is 438 g/mol. The molecule has 31 heavy (non-hydrogen) atoms. The van der Waals surface area contributed by atoms with Gasteiger partial charge in [0, 0.05) is 17.4 Å². The highest BCUT2D eigenvalue weighted by Gasteiger charge is 2.31. The highest BCUT2D eigenvalue weighted by molar-refractivity contribution is 7.98. The summed E-state index contributed by atoms with van der Waals surface area (Å²) in [5, 5.41) is 3.82. The molecule has 0 saturated carbocycles. The Morgan fingerprint density at radius 1 is 1.16 bits per heavy atom. The number of fused-ring (bicyclic) bond motifs is 1. The van der Waals surface area contributed by atoms with Crippen LogP contribution in [0.15, 0.2) is 52.4 Å². The van der Waals surface area contributed by atoms with E-state index in [-0.39, 0.29) is 17.9 Å². The second kappa shape index (κ2) is 9.03. The van der Waals surface area contributed by atoms with Crippen molar-refractivity contribution < 1.29 is 14.3 Å². The summed E-state index contributed by atoms with van der Waals surface area (Å²) < 4.78 is 11.4. The predicted octanol–water partition coefficient (Wildman–Crippen LogP) is 4.21. The minimum absolute atomic E-state index is 0.143. The number of hydrogen-bond donors (Lipinski definition) is 2. The van der Waals surface area contributed by atoms with Crippen molar-refractivity contribution in [2.75, 3.05) is 18.7 Å². The van der Waals surface area contributed by atoms with E-state index in [9.17, 15) is 9.59 Å². The molecule has 0 fully saturated rings. The first-order chi connectivity index (χ1) is 15.0. The topological polar surface area (TPSA) is 93.3 Å². The highest BCUT2D eigenvalue weighted by Crippen LogP contribution is 2.38. The number of methoxy groups -OCH3 is 1. The Morgan fingerprint density at radius 3 is 2.65 bits per heavy atom. The normalized spacial score (nSPS) is 15.2. The number of nitrogens with zero attached hydrogens (tertiary/aromatic N) is 1. The van der Waals surface area contributed by atoms with Gasteiger partial charge in [-0.1, -0.05) is 41.6 Å². The summed E-state index contributed by atoms with van der Waals surface area (Å²) in [6.45, 7) is 0.350. The molecule has 9 heteroatoms. The third kappa shape index (κ3) is 4.55. The number of nitrogens with one attached hydrogen (secondary N) is 2. The maximum absolute atomic E-state index is 12.7. The molecule has 0 spiro atoms. The molecular formula is C22H20ClN3O4S. The van der Waals surface area contributed by atoms with Crippen molar-refractivity contribution in [2.24, 2.45) is 0 Å². The fraction of sp³-hybridized carbons (Fsp3) is 0.227. The smallest absolute Gasteiger partial charge is 0.257 e. The lowest BCUT2D eigenvalue weighted by Gasteiger charge is -2.25. The lowest BCUT2D eigenvalue weighted by molar-refractivity contribution is -0.116. The summed E-state index contributed by atoms with van der Waals surface area (Å²) in [6.07, 6.45) is 1.95. The van der Waals surface area contributed by atoms with Crippen molar-refractivity contribution in [1.29, 1.82) is 0 Å². The summed E-state index contributed by atoms with van der Waals surface area (Å²) in [5.41, 5.74) is 1.92. The number of H-pyrrole nitrogens is 1. The van der Waals surface area contributed by atoms with Gasteiger partial charge in [0.2, 0.25) is 5.91 Å². The fourth-order valence-corrected chi connectivity index (χ4v) is 4.00. The van der Waals surface area contributed by atoms with E-state index < -0.39 is 5.92 Å². The van der Waals surface area contributed by atoms with Gasteiger partial charge >= 0.3 is 0 Å². The number of aromatic nitrogens is 2. The Bertz CT molecular complexity index is 1180. The number of carbonyl (C=O) groups is 1. The van der Waals surface area contributed by atoms with E-state index >= 15 is 0 Å². The lowest BCUT2D eigenvalue weighted by atomic mass is 9.86. The highest BCUT2D eigenvalue weighted by atomic mass is 35.5. The van der Waals surface area contributed by atoms with Gasteiger partial charge < -0.3 is 19.8 Å². The van der Waals surface area contributed by atoms with E-state index in [2.05, 4.69) is 15.3 Å². The Labute approximate surface area is 188 Å². The standard InChI is InChI=1S/C22H20ClN3O4S/c1-29-17-9-13(5-8-16(17)30-11-12-3-6-14(23)7-4-12)15-10-18(27)24-20-19(15)21(28)26-22(25-20)31-2/h3-9,15H,10-11H2,1-2H3,(H2,24,25,26,27,28)/t15-/m1/s1. The van der Waals surface area contributed by atoms with Crippen LogP contribution in [0.4, 0.5) is 5.82 Å². The fourth-order valence-electron chi connectivity index (χ4n) is 3.49. The number of hydrogen-bond acceptors (Lipinski definition) is 6. The first-order valence-electron chi connectivity index (χ1n) is 9.51. The molecule has 0 aliphatic carbocycles. The molecule has 1 atom stereocenters. The van der Waals surface area contributed by atoms with Gasteiger partial charge in [0.1, 0.15) is 12.4 Å². The Hall–Kier alpha value is -2.97. The molecule has 1 aromatic heterocycles. The van der Waals surface area contributed by atoms with Crippen molar-refractivity contribution in [3.05, 3.63) is 74.5 Å². The van der Waals surface area contributed by atoms with Gasteiger partial charge in [-0.2, -0.15) is 0 Å². The number of aromatic amines is 1. The number of benzene rings is 2. The van der Waals surface area contributed by atoms with Crippen molar-refractivity contribution in [3.8, 4) is 11.5 Å². The molecule has 1 aliphatic rings. The maximum atomic E-state index is 12.7. The largest absolute Gasteiger partial charge is 0.493 e. The van der Waals surface area contributed by atoms with Crippen molar-refractivity contribution in [2.45, 2.75) is 24.1 Å². The zero-order valence-corrected chi connectivity index (χ0v) is 18.5. The zero-order valence-electron chi connectivity index (χ0n) is 16.9. The molecule has 2 N–H and O–H groups in total. The zero-order chi connectivity index (χ0) is 22.0. The van der Waals surface area contributed by atoms with Crippen molar-refractivity contribution >= 4 is 35.1 Å². The number of rotatable bonds is 6. The van der Waals surface area contributed by atoms with Gasteiger partial charge in [-0.15, -0.1) is 0 Å².